The van der Waals surface area contributed by atoms with Gasteiger partial charge in [0.1, 0.15) is 12.1 Å². The molecule has 0 atom stereocenters. The van der Waals surface area contributed by atoms with E-state index in [2.05, 4.69) is 20.2 Å². The zero-order valence-electron chi connectivity index (χ0n) is 15.8. The van der Waals surface area contributed by atoms with Gasteiger partial charge in [0.15, 0.2) is 0 Å². The van der Waals surface area contributed by atoms with E-state index in [1.54, 1.807) is 6.07 Å². The first-order valence-electron chi connectivity index (χ1n) is 9.25. The summed E-state index contributed by atoms with van der Waals surface area (Å²) in [6.45, 7) is 7.53. The van der Waals surface area contributed by atoms with Crippen molar-refractivity contribution < 1.29 is 9.66 Å². The van der Waals surface area contributed by atoms with Crippen LogP contribution in [0.4, 0.5) is 11.5 Å². The minimum Gasteiger partial charge on any atom is -0.434 e. The normalized spacial score (nSPS) is 14.7. The van der Waals surface area contributed by atoms with Gasteiger partial charge in [0.2, 0.25) is 5.82 Å². The van der Waals surface area contributed by atoms with Crippen LogP contribution in [0.1, 0.15) is 30.4 Å². The topological polar surface area (TPSA) is 93.4 Å². The van der Waals surface area contributed by atoms with Crippen molar-refractivity contribution in [2.45, 2.75) is 33.1 Å². The van der Waals surface area contributed by atoms with Crippen LogP contribution < -0.4 is 10.1 Å². The second-order valence-electron chi connectivity index (χ2n) is 6.81. The Bertz CT molecular complexity index is 806. The van der Waals surface area contributed by atoms with Gasteiger partial charge in [-0.3, -0.25) is 10.1 Å². The number of aryl methyl sites for hydroxylation is 2. The summed E-state index contributed by atoms with van der Waals surface area (Å²) in [4.78, 5) is 21.5. The molecule has 0 amide bonds. The minimum absolute atomic E-state index is 0.0567. The van der Waals surface area contributed by atoms with Crippen molar-refractivity contribution >= 4 is 11.5 Å². The van der Waals surface area contributed by atoms with E-state index in [9.17, 15) is 10.1 Å². The maximum absolute atomic E-state index is 11.6. The number of hydrogen-bond donors (Lipinski definition) is 1. The molecule has 2 heterocycles. The van der Waals surface area contributed by atoms with Crippen LogP contribution in [0, 0.1) is 24.0 Å². The first kappa shape index (κ1) is 19.0. The fraction of sp³-hybridized carbons (Fsp3) is 0.474. The summed E-state index contributed by atoms with van der Waals surface area (Å²) in [5.41, 5.74) is 1.93. The van der Waals surface area contributed by atoms with Crippen molar-refractivity contribution in [3.8, 4) is 11.6 Å². The number of benzene rings is 1. The third kappa shape index (κ3) is 4.91. The first-order chi connectivity index (χ1) is 13.0. The van der Waals surface area contributed by atoms with E-state index < -0.39 is 4.92 Å². The Morgan fingerprint density at radius 3 is 2.67 bits per heavy atom. The Morgan fingerprint density at radius 1 is 1.19 bits per heavy atom. The lowest BCUT2D eigenvalue weighted by Crippen LogP contribution is -2.33. The highest BCUT2D eigenvalue weighted by Gasteiger charge is 2.25. The first-order valence-corrected chi connectivity index (χ1v) is 9.25. The van der Waals surface area contributed by atoms with E-state index in [4.69, 9.17) is 4.74 Å². The minimum atomic E-state index is -0.500. The zero-order chi connectivity index (χ0) is 19.2. The smallest absolute Gasteiger partial charge is 0.373 e. The van der Waals surface area contributed by atoms with E-state index in [0.29, 0.717) is 12.3 Å². The fourth-order valence-electron chi connectivity index (χ4n) is 3.14. The number of aromatic nitrogens is 2. The maximum Gasteiger partial charge on any atom is 0.373 e. The average Bonchev–Trinajstić information content (AvgIpc) is 2.65. The van der Waals surface area contributed by atoms with Crippen molar-refractivity contribution in [1.29, 1.82) is 0 Å². The van der Waals surface area contributed by atoms with Gasteiger partial charge in [-0.2, -0.15) is 4.98 Å². The highest BCUT2D eigenvalue weighted by Crippen LogP contribution is 2.34. The molecule has 1 saturated heterocycles. The summed E-state index contributed by atoms with van der Waals surface area (Å²) in [7, 11) is 0. The summed E-state index contributed by atoms with van der Waals surface area (Å²) in [6.07, 6.45) is 4.98. The number of anilines is 1. The Morgan fingerprint density at radius 2 is 1.96 bits per heavy atom. The molecule has 0 spiro atoms. The van der Waals surface area contributed by atoms with Crippen molar-refractivity contribution in [3.63, 3.8) is 0 Å². The second kappa shape index (κ2) is 8.77. The van der Waals surface area contributed by atoms with Gasteiger partial charge in [-0.15, -0.1) is 0 Å². The number of ether oxygens (including phenoxy) is 1. The van der Waals surface area contributed by atoms with Crippen LogP contribution in [0.3, 0.4) is 0 Å². The van der Waals surface area contributed by atoms with E-state index in [-0.39, 0.29) is 17.4 Å². The number of piperidine rings is 1. The molecule has 0 unspecified atom stereocenters. The number of rotatable bonds is 7. The number of likely N-dealkylation sites (tertiary alicyclic amines) is 1. The van der Waals surface area contributed by atoms with Gasteiger partial charge in [-0.05, 0) is 63.0 Å². The van der Waals surface area contributed by atoms with Crippen LogP contribution in [0.2, 0.25) is 0 Å². The quantitative estimate of drug-likeness (QED) is 0.586. The van der Waals surface area contributed by atoms with Gasteiger partial charge in [0, 0.05) is 13.1 Å². The molecule has 1 fully saturated rings. The molecular weight excluding hydrogens is 346 g/mol. The third-order valence-electron chi connectivity index (χ3n) is 4.83. The Balaban J connectivity index is 1.73. The van der Waals surface area contributed by atoms with Crippen LogP contribution in [-0.4, -0.2) is 46.0 Å². The van der Waals surface area contributed by atoms with Crippen molar-refractivity contribution in [1.82, 2.24) is 14.9 Å². The third-order valence-corrected chi connectivity index (χ3v) is 4.83. The van der Waals surface area contributed by atoms with Crippen molar-refractivity contribution in [3.05, 3.63) is 45.8 Å². The van der Waals surface area contributed by atoms with Crippen LogP contribution in [-0.2, 0) is 0 Å². The molecule has 1 N–H and O–H groups in total. The van der Waals surface area contributed by atoms with Gasteiger partial charge in [0.25, 0.3) is 0 Å². The predicted molar refractivity (Wildman–Crippen MR) is 103 cm³/mol. The summed E-state index contributed by atoms with van der Waals surface area (Å²) >= 11 is 0. The number of nitro groups is 1. The molecule has 144 valence electrons. The lowest BCUT2D eigenvalue weighted by molar-refractivity contribution is -0.385. The molecule has 1 aromatic heterocycles. The standard InChI is InChI=1S/C19H25N5O3/c1-14-6-7-16(12-15(14)2)27-19-17(24(25)26)18(21-13-22-19)20-8-11-23-9-4-3-5-10-23/h6-7,12-13H,3-5,8-11H2,1-2H3,(H,20,21,22). The number of nitrogens with one attached hydrogen (secondary N) is 1. The van der Waals surface area contributed by atoms with Gasteiger partial charge in [-0.1, -0.05) is 12.5 Å². The number of nitrogens with zero attached hydrogens (tertiary/aromatic N) is 4. The zero-order valence-corrected chi connectivity index (χ0v) is 15.8. The molecule has 0 saturated carbocycles. The highest BCUT2D eigenvalue weighted by molar-refractivity contribution is 5.61. The van der Waals surface area contributed by atoms with Gasteiger partial charge < -0.3 is 15.0 Å². The molecule has 0 aliphatic carbocycles. The van der Waals surface area contributed by atoms with Crippen molar-refractivity contribution in [2.75, 3.05) is 31.5 Å². The molecule has 2 aromatic rings. The molecule has 8 heteroatoms. The van der Waals surface area contributed by atoms with E-state index >= 15 is 0 Å². The van der Waals surface area contributed by atoms with E-state index in [1.165, 1.54) is 25.6 Å². The molecule has 0 bridgehead atoms. The molecule has 3 rings (SSSR count). The fourth-order valence-corrected chi connectivity index (χ4v) is 3.14. The summed E-state index contributed by atoms with van der Waals surface area (Å²) < 4.78 is 5.70. The SMILES string of the molecule is Cc1ccc(Oc2ncnc(NCCN3CCCCC3)c2[N+](=O)[O-])cc1C. The second-order valence-corrected chi connectivity index (χ2v) is 6.81. The molecular formula is C19H25N5O3. The van der Waals surface area contributed by atoms with E-state index in [1.807, 2.05) is 26.0 Å². The highest BCUT2D eigenvalue weighted by atomic mass is 16.6. The molecule has 27 heavy (non-hydrogen) atoms. The Kier molecular flexibility index (Phi) is 6.18. The monoisotopic (exact) mass is 371 g/mol. The lowest BCUT2D eigenvalue weighted by Gasteiger charge is -2.26. The van der Waals surface area contributed by atoms with Gasteiger partial charge in [0.05, 0.1) is 4.92 Å². The lowest BCUT2D eigenvalue weighted by atomic mass is 10.1. The van der Waals surface area contributed by atoms with Crippen LogP contribution >= 0.6 is 0 Å². The Labute approximate surface area is 158 Å². The maximum atomic E-state index is 11.6. The summed E-state index contributed by atoms with van der Waals surface area (Å²) in [6, 6.07) is 5.53. The number of hydrogen-bond acceptors (Lipinski definition) is 7. The van der Waals surface area contributed by atoms with Crippen LogP contribution in [0.15, 0.2) is 24.5 Å². The molecule has 8 nitrogen and oxygen atoms in total. The van der Waals surface area contributed by atoms with Crippen LogP contribution in [0.25, 0.3) is 0 Å². The summed E-state index contributed by atoms with van der Waals surface area (Å²) in [5, 5.41) is 14.7. The van der Waals surface area contributed by atoms with Gasteiger partial charge in [-0.25, -0.2) is 4.98 Å². The molecule has 1 aliphatic rings. The predicted octanol–water partition coefficient (Wildman–Crippen LogP) is 3.69. The largest absolute Gasteiger partial charge is 0.434 e. The van der Waals surface area contributed by atoms with Crippen molar-refractivity contribution in [2.24, 2.45) is 0 Å². The Hall–Kier alpha value is -2.74. The molecule has 1 aromatic carbocycles. The van der Waals surface area contributed by atoms with Gasteiger partial charge >= 0.3 is 11.6 Å². The van der Waals surface area contributed by atoms with Crippen LogP contribution in [0.5, 0.6) is 11.6 Å². The van der Waals surface area contributed by atoms with E-state index in [0.717, 1.165) is 30.8 Å². The molecule has 0 radical (unpaired) electrons. The average molecular weight is 371 g/mol. The molecule has 1 aliphatic heterocycles. The summed E-state index contributed by atoms with van der Waals surface area (Å²) in [5.74, 6) is 0.642.